The summed E-state index contributed by atoms with van der Waals surface area (Å²) < 4.78 is 28.7. The number of fused-ring (bicyclic) bond motifs is 1. The van der Waals surface area contributed by atoms with Crippen LogP contribution in [0.2, 0.25) is 0 Å². The van der Waals surface area contributed by atoms with Gasteiger partial charge in [0, 0.05) is 30.1 Å². The molecular weight excluding hydrogens is 384 g/mol. The minimum Gasteiger partial charge on any atom is -0.310 e. The van der Waals surface area contributed by atoms with Crippen LogP contribution >= 0.6 is 11.3 Å². The van der Waals surface area contributed by atoms with Gasteiger partial charge in [-0.2, -0.15) is 5.10 Å². The molecule has 0 aliphatic heterocycles. The maximum absolute atomic E-state index is 13.5. The summed E-state index contributed by atoms with van der Waals surface area (Å²) in [5, 5.41) is 7.86. The average molecular weight is 405 g/mol. The highest BCUT2D eigenvalue weighted by atomic mass is 32.1. The molecule has 3 heterocycles. The molecule has 2 aliphatic carbocycles. The Labute approximate surface area is 164 Å². The predicted molar refractivity (Wildman–Crippen MR) is 102 cm³/mol. The Kier molecular flexibility index (Phi) is 4.12. The van der Waals surface area contributed by atoms with Crippen LogP contribution in [0.25, 0.3) is 11.0 Å². The zero-order valence-electron chi connectivity index (χ0n) is 15.5. The molecule has 2 saturated carbocycles. The van der Waals surface area contributed by atoms with E-state index in [0.717, 1.165) is 23.5 Å². The van der Waals surface area contributed by atoms with Gasteiger partial charge in [0.2, 0.25) is 5.92 Å². The third-order valence-electron chi connectivity index (χ3n) is 6.16. The van der Waals surface area contributed by atoms with Crippen molar-refractivity contribution in [3.63, 3.8) is 0 Å². The van der Waals surface area contributed by atoms with Gasteiger partial charge in [0.05, 0.1) is 22.9 Å². The molecule has 3 aromatic rings. The van der Waals surface area contributed by atoms with E-state index in [1.807, 2.05) is 6.92 Å². The van der Waals surface area contributed by atoms with Crippen molar-refractivity contribution in [1.29, 1.82) is 0 Å². The summed E-state index contributed by atoms with van der Waals surface area (Å²) in [6, 6.07) is -0.141. The van der Waals surface area contributed by atoms with Gasteiger partial charge in [0.25, 0.3) is 5.56 Å². The van der Waals surface area contributed by atoms with E-state index in [2.05, 4.69) is 20.4 Å². The number of thiazole rings is 1. The predicted octanol–water partition coefficient (Wildman–Crippen LogP) is 4.30. The van der Waals surface area contributed by atoms with E-state index in [9.17, 15) is 13.6 Å². The Bertz CT molecular complexity index is 1080. The first-order valence-corrected chi connectivity index (χ1v) is 10.6. The molecule has 2 aliphatic rings. The lowest BCUT2D eigenvalue weighted by atomic mass is 9.71. The van der Waals surface area contributed by atoms with Gasteiger partial charge in [-0.05, 0) is 32.6 Å². The summed E-state index contributed by atoms with van der Waals surface area (Å²) in [7, 11) is 0. The molecule has 0 aromatic carbocycles. The van der Waals surface area contributed by atoms with Gasteiger partial charge < -0.3 is 4.98 Å². The summed E-state index contributed by atoms with van der Waals surface area (Å²) in [6.07, 6.45) is 3.85. The van der Waals surface area contributed by atoms with E-state index < -0.39 is 5.92 Å². The molecule has 2 fully saturated rings. The van der Waals surface area contributed by atoms with Crippen LogP contribution in [-0.4, -0.2) is 30.7 Å². The Morgan fingerprint density at radius 3 is 2.57 bits per heavy atom. The van der Waals surface area contributed by atoms with Gasteiger partial charge in [0.15, 0.2) is 5.65 Å². The van der Waals surface area contributed by atoms with Crippen LogP contribution in [0.5, 0.6) is 0 Å². The largest absolute Gasteiger partial charge is 0.310 e. The SMILES string of the molecule is Cc1nc([C@H]2CC[C@@H]2c2nc3c(cnn3C3CCC(F)(F)CC3)c(=O)[nH]2)cs1. The number of hydrogen-bond acceptors (Lipinski definition) is 5. The van der Waals surface area contributed by atoms with Crippen LogP contribution in [0.4, 0.5) is 8.78 Å². The topological polar surface area (TPSA) is 76.5 Å². The molecule has 2 atom stereocenters. The van der Waals surface area contributed by atoms with Crippen molar-refractivity contribution in [1.82, 2.24) is 24.7 Å². The molecule has 6 nitrogen and oxygen atoms in total. The number of halogens is 2. The van der Waals surface area contributed by atoms with Crippen molar-refractivity contribution < 1.29 is 8.78 Å². The van der Waals surface area contributed by atoms with E-state index in [-0.39, 0.29) is 36.3 Å². The Hall–Kier alpha value is -2.16. The van der Waals surface area contributed by atoms with Gasteiger partial charge in [0.1, 0.15) is 11.2 Å². The number of H-pyrrole nitrogens is 1. The number of nitrogens with zero attached hydrogens (tertiary/aromatic N) is 4. The van der Waals surface area contributed by atoms with Gasteiger partial charge in [-0.25, -0.2) is 23.4 Å². The van der Waals surface area contributed by atoms with Crippen LogP contribution in [0.1, 0.15) is 72.9 Å². The highest BCUT2D eigenvalue weighted by Crippen LogP contribution is 2.48. The molecule has 0 saturated heterocycles. The summed E-state index contributed by atoms with van der Waals surface area (Å²) in [6.45, 7) is 1.99. The minimum absolute atomic E-state index is 0.123. The van der Waals surface area contributed by atoms with Crippen molar-refractivity contribution in [3.8, 4) is 0 Å². The van der Waals surface area contributed by atoms with E-state index >= 15 is 0 Å². The molecule has 0 unspecified atom stereocenters. The molecule has 0 bridgehead atoms. The van der Waals surface area contributed by atoms with Crippen molar-refractivity contribution in [3.05, 3.63) is 38.5 Å². The first-order valence-electron chi connectivity index (χ1n) is 9.68. The number of aromatic amines is 1. The summed E-state index contributed by atoms with van der Waals surface area (Å²) >= 11 is 1.63. The highest BCUT2D eigenvalue weighted by molar-refractivity contribution is 7.09. The van der Waals surface area contributed by atoms with Crippen LogP contribution in [-0.2, 0) is 0 Å². The molecule has 5 rings (SSSR count). The quantitative estimate of drug-likeness (QED) is 0.705. The van der Waals surface area contributed by atoms with Crippen LogP contribution in [0.3, 0.4) is 0 Å². The number of alkyl halides is 2. The molecular formula is C19H21F2N5OS. The lowest BCUT2D eigenvalue weighted by Gasteiger charge is -2.34. The van der Waals surface area contributed by atoms with Gasteiger partial charge in [-0.1, -0.05) is 0 Å². The average Bonchev–Trinajstić information content (AvgIpc) is 3.21. The number of hydrogen-bond donors (Lipinski definition) is 1. The Balaban J connectivity index is 1.49. The smallest absolute Gasteiger partial charge is 0.262 e. The minimum atomic E-state index is -2.60. The van der Waals surface area contributed by atoms with Crippen molar-refractivity contribution >= 4 is 22.4 Å². The van der Waals surface area contributed by atoms with Crippen LogP contribution in [0.15, 0.2) is 16.4 Å². The van der Waals surface area contributed by atoms with Crippen molar-refractivity contribution in [2.24, 2.45) is 0 Å². The normalized spacial score (nSPS) is 25.1. The second kappa shape index (κ2) is 6.43. The van der Waals surface area contributed by atoms with E-state index in [1.54, 1.807) is 16.0 Å². The van der Waals surface area contributed by atoms with Gasteiger partial charge >= 0.3 is 0 Å². The molecule has 1 N–H and O–H groups in total. The van der Waals surface area contributed by atoms with Crippen molar-refractivity contribution in [2.45, 2.75) is 69.2 Å². The molecule has 0 radical (unpaired) electrons. The molecule has 3 aromatic heterocycles. The fraction of sp³-hybridized carbons (Fsp3) is 0.579. The fourth-order valence-corrected chi connectivity index (χ4v) is 5.07. The highest BCUT2D eigenvalue weighted by Gasteiger charge is 2.38. The van der Waals surface area contributed by atoms with E-state index in [0.29, 0.717) is 29.7 Å². The summed E-state index contributed by atoms with van der Waals surface area (Å²) in [4.78, 5) is 24.9. The first-order chi connectivity index (χ1) is 13.4. The van der Waals surface area contributed by atoms with Gasteiger partial charge in [-0.3, -0.25) is 4.79 Å². The zero-order chi connectivity index (χ0) is 19.5. The maximum Gasteiger partial charge on any atom is 0.262 e. The molecule has 0 amide bonds. The third kappa shape index (κ3) is 2.96. The molecule has 148 valence electrons. The first kappa shape index (κ1) is 17.9. The Morgan fingerprint density at radius 2 is 1.93 bits per heavy atom. The van der Waals surface area contributed by atoms with E-state index in [4.69, 9.17) is 4.98 Å². The fourth-order valence-electron chi connectivity index (χ4n) is 4.40. The number of nitrogens with one attached hydrogen (secondary N) is 1. The Morgan fingerprint density at radius 1 is 1.18 bits per heavy atom. The number of aryl methyl sites for hydroxylation is 1. The molecule has 28 heavy (non-hydrogen) atoms. The monoisotopic (exact) mass is 405 g/mol. The summed E-state index contributed by atoms with van der Waals surface area (Å²) in [5.41, 5.74) is 1.35. The van der Waals surface area contributed by atoms with Gasteiger partial charge in [-0.15, -0.1) is 11.3 Å². The van der Waals surface area contributed by atoms with Crippen LogP contribution < -0.4 is 5.56 Å². The summed E-state index contributed by atoms with van der Waals surface area (Å²) in [5.74, 6) is -1.56. The molecule has 0 spiro atoms. The maximum atomic E-state index is 13.5. The second-order valence-electron chi connectivity index (χ2n) is 7.95. The van der Waals surface area contributed by atoms with Crippen molar-refractivity contribution in [2.75, 3.05) is 0 Å². The number of aromatic nitrogens is 5. The molecule has 9 heteroatoms. The number of rotatable bonds is 3. The lowest BCUT2D eigenvalue weighted by Crippen LogP contribution is -2.28. The second-order valence-corrected chi connectivity index (χ2v) is 9.01. The zero-order valence-corrected chi connectivity index (χ0v) is 16.3. The standard InChI is InChI=1S/C19H21F2N5OS/c1-10-23-15(9-28-10)12-2-3-13(12)16-24-17-14(18(27)25-16)8-22-26(17)11-4-6-19(20,21)7-5-11/h8-9,11-13H,2-7H2,1H3,(H,24,25,27)/t12-,13-/m0/s1. The van der Waals surface area contributed by atoms with E-state index in [1.165, 1.54) is 6.20 Å². The third-order valence-corrected chi connectivity index (χ3v) is 6.95. The lowest BCUT2D eigenvalue weighted by molar-refractivity contribution is -0.0446. The van der Waals surface area contributed by atoms with Crippen LogP contribution in [0, 0.1) is 6.92 Å².